The van der Waals surface area contributed by atoms with E-state index in [0.717, 1.165) is 17.9 Å². The van der Waals surface area contributed by atoms with Gasteiger partial charge in [0.25, 0.3) is 0 Å². The van der Waals surface area contributed by atoms with Crippen molar-refractivity contribution in [3.8, 4) is 5.75 Å². The molecule has 0 fully saturated rings. The molecule has 0 aliphatic rings. The van der Waals surface area contributed by atoms with E-state index in [1.165, 1.54) is 11.1 Å². The van der Waals surface area contributed by atoms with Gasteiger partial charge in [-0.25, -0.2) is 0 Å². The van der Waals surface area contributed by atoms with Gasteiger partial charge in [0.05, 0.1) is 6.61 Å². The second kappa shape index (κ2) is 7.81. The molecule has 112 valence electrons. The molecule has 0 heterocycles. The molecule has 0 aromatic heterocycles. The van der Waals surface area contributed by atoms with Gasteiger partial charge >= 0.3 is 0 Å². The lowest BCUT2D eigenvalue weighted by molar-refractivity contribution is 0.200. The Bertz CT molecular complexity index is 569. The van der Waals surface area contributed by atoms with E-state index in [-0.39, 0.29) is 12.6 Å². The fourth-order valence-corrected chi connectivity index (χ4v) is 2.39. The molecule has 2 N–H and O–H groups in total. The fourth-order valence-electron chi connectivity index (χ4n) is 2.39. The highest BCUT2D eigenvalue weighted by molar-refractivity contribution is 5.34. The summed E-state index contributed by atoms with van der Waals surface area (Å²) in [6.07, 6.45) is 0. The normalized spacial score (nSPS) is 12.1. The largest absolute Gasteiger partial charge is 0.491 e. The van der Waals surface area contributed by atoms with Crippen LogP contribution in [-0.4, -0.2) is 18.3 Å². The molecule has 0 saturated heterocycles. The predicted octanol–water partition coefficient (Wildman–Crippen LogP) is 3.22. The van der Waals surface area contributed by atoms with Gasteiger partial charge in [-0.15, -0.1) is 0 Å². The summed E-state index contributed by atoms with van der Waals surface area (Å²) in [5.74, 6) is 0.830. The minimum atomic E-state index is 0.0291. The van der Waals surface area contributed by atoms with Crippen LogP contribution in [0.1, 0.15) is 29.7 Å². The van der Waals surface area contributed by atoms with Gasteiger partial charge in [-0.1, -0.05) is 42.5 Å². The van der Waals surface area contributed by atoms with E-state index in [1.54, 1.807) is 0 Å². The number of nitrogens with one attached hydrogen (secondary N) is 1. The lowest BCUT2D eigenvalue weighted by Crippen LogP contribution is -2.19. The first kappa shape index (κ1) is 15.5. The van der Waals surface area contributed by atoms with Crippen molar-refractivity contribution in [1.82, 2.24) is 5.32 Å². The second-order valence-electron chi connectivity index (χ2n) is 5.14. The molecule has 2 aromatic carbocycles. The molecule has 3 heteroatoms. The van der Waals surface area contributed by atoms with Gasteiger partial charge in [0.1, 0.15) is 12.4 Å². The summed E-state index contributed by atoms with van der Waals surface area (Å²) in [5.41, 5.74) is 3.71. The minimum absolute atomic E-state index is 0.0291. The number of aliphatic hydroxyl groups is 1. The van der Waals surface area contributed by atoms with Crippen LogP contribution in [0.3, 0.4) is 0 Å². The van der Waals surface area contributed by atoms with Crippen molar-refractivity contribution in [2.75, 3.05) is 13.2 Å². The van der Waals surface area contributed by atoms with Gasteiger partial charge < -0.3 is 15.2 Å². The first-order valence-electron chi connectivity index (χ1n) is 7.33. The van der Waals surface area contributed by atoms with Crippen LogP contribution < -0.4 is 10.1 Å². The van der Waals surface area contributed by atoms with Gasteiger partial charge in [-0.2, -0.15) is 0 Å². The van der Waals surface area contributed by atoms with Crippen molar-refractivity contribution in [2.45, 2.75) is 26.4 Å². The Morgan fingerprint density at radius 2 is 1.81 bits per heavy atom. The number of aliphatic hydroxyl groups excluding tert-OH is 1. The van der Waals surface area contributed by atoms with E-state index >= 15 is 0 Å². The third-order valence-electron chi connectivity index (χ3n) is 3.58. The number of benzene rings is 2. The van der Waals surface area contributed by atoms with E-state index in [4.69, 9.17) is 9.84 Å². The van der Waals surface area contributed by atoms with Crippen molar-refractivity contribution in [2.24, 2.45) is 0 Å². The number of hydrogen-bond acceptors (Lipinski definition) is 3. The molecule has 2 rings (SSSR count). The number of para-hydroxylation sites is 1. The average molecular weight is 285 g/mol. The zero-order chi connectivity index (χ0) is 15.1. The summed E-state index contributed by atoms with van der Waals surface area (Å²) < 4.78 is 5.56. The van der Waals surface area contributed by atoms with Crippen LogP contribution in [0.5, 0.6) is 5.75 Å². The first-order valence-corrected chi connectivity index (χ1v) is 7.33. The van der Waals surface area contributed by atoms with E-state index in [9.17, 15) is 0 Å². The highest BCUT2D eigenvalue weighted by atomic mass is 16.5. The van der Waals surface area contributed by atoms with Gasteiger partial charge in [-0.3, -0.25) is 0 Å². The SMILES string of the molecule is Cc1ccccc1C(C)NCc1ccccc1OCCO. The van der Waals surface area contributed by atoms with Crippen LogP contribution in [0.4, 0.5) is 0 Å². The van der Waals surface area contributed by atoms with Gasteiger partial charge in [0, 0.05) is 18.2 Å². The standard InChI is InChI=1S/C18H23NO2/c1-14-7-3-5-9-17(14)15(2)19-13-16-8-4-6-10-18(16)21-12-11-20/h3-10,15,19-20H,11-13H2,1-2H3. The highest BCUT2D eigenvalue weighted by Crippen LogP contribution is 2.21. The molecule has 0 saturated carbocycles. The quantitative estimate of drug-likeness (QED) is 0.820. The number of rotatable bonds is 7. The number of hydrogen-bond donors (Lipinski definition) is 2. The Kier molecular flexibility index (Phi) is 5.78. The molecule has 0 aliphatic heterocycles. The molecule has 0 aliphatic carbocycles. The Balaban J connectivity index is 2.01. The Hall–Kier alpha value is -1.84. The number of ether oxygens (including phenoxy) is 1. The van der Waals surface area contributed by atoms with Crippen molar-refractivity contribution in [3.05, 3.63) is 65.2 Å². The molecule has 0 bridgehead atoms. The summed E-state index contributed by atoms with van der Waals surface area (Å²) in [4.78, 5) is 0. The maximum Gasteiger partial charge on any atom is 0.123 e. The highest BCUT2D eigenvalue weighted by Gasteiger charge is 2.09. The molecular formula is C18H23NO2. The zero-order valence-electron chi connectivity index (χ0n) is 12.7. The Morgan fingerprint density at radius 1 is 1.10 bits per heavy atom. The number of aryl methyl sites for hydroxylation is 1. The van der Waals surface area contributed by atoms with Crippen LogP contribution in [0.25, 0.3) is 0 Å². The minimum Gasteiger partial charge on any atom is -0.491 e. The third-order valence-corrected chi connectivity index (χ3v) is 3.58. The monoisotopic (exact) mass is 285 g/mol. The van der Waals surface area contributed by atoms with Gasteiger partial charge in [0.15, 0.2) is 0 Å². The summed E-state index contributed by atoms with van der Waals surface area (Å²) in [6, 6.07) is 16.6. The summed E-state index contributed by atoms with van der Waals surface area (Å²) in [6.45, 7) is 5.38. The van der Waals surface area contributed by atoms with Crippen LogP contribution in [0, 0.1) is 6.92 Å². The van der Waals surface area contributed by atoms with Crippen molar-refractivity contribution < 1.29 is 9.84 Å². The van der Waals surface area contributed by atoms with Crippen molar-refractivity contribution >= 4 is 0 Å². The first-order chi connectivity index (χ1) is 10.2. The molecule has 21 heavy (non-hydrogen) atoms. The van der Waals surface area contributed by atoms with Gasteiger partial charge in [-0.05, 0) is 31.0 Å². The Morgan fingerprint density at radius 3 is 2.57 bits per heavy atom. The van der Waals surface area contributed by atoms with Gasteiger partial charge in [0.2, 0.25) is 0 Å². The molecule has 1 unspecified atom stereocenters. The summed E-state index contributed by atoms with van der Waals surface area (Å²) in [7, 11) is 0. The Labute approximate surface area is 126 Å². The molecule has 0 amide bonds. The van der Waals surface area contributed by atoms with E-state index in [0.29, 0.717) is 6.61 Å². The second-order valence-corrected chi connectivity index (χ2v) is 5.14. The summed E-state index contributed by atoms with van der Waals surface area (Å²) >= 11 is 0. The van der Waals surface area contributed by atoms with Crippen LogP contribution in [0.15, 0.2) is 48.5 Å². The molecule has 0 radical (unpaired) electrons. The lowest BCUT2D eigenvalue weighted by Gasteiger charge is -2.18. The topological polar surface area (TPSA) is 41.5 Å². The maximum absolute atomic E-state index is 8.88. The lowest BCUT2D eigenvalue weighted by atomic mass is 10.0. The van der Waals surface area contributed by atoms with Crippen LogP contribution in [0.2, 0.25) is 0 Å². The maximum atomic E-state index is 8.88. The van der Waals surface area contributed by atoms with E-state index < -0.39 is 0 Å². The van der Waals surface area contributed by atoms with Crippen molar-refractivity contribution in [3.63, 3.8) is 0 Å². The third kappa shape index (κ3) is 4.31. The summed E-state index contributed by atoms with van der Waals surface area (Å²) in [5, 5.41) is 12.4. The molecule has 3 nitrogen and oxygen atoms in total. The van der Waals surface area contributed by atoms with E-state index in [2.05, 4.69) is 43.4 Å². The van der Waals surface area contributed by atoms with Crippen molar-refractivity contribution in [1.29, 1.82) is 0 Å². The zero-order valence-corrected chi connectivity index (χ0v) is 12.7. The van der Waals surface area contributed by atoms with E-state index in [1.807, 2.05) is 24.3 Å². The van der Waals surface area contributed by atoms with Crippen LogP contribution in [-0.2, 0) is 6.54 Å². The smallest absolute Gasteiger partial charge is 0.123 e. The predicted molar refractivity (Wildman–Crippen MR) is 85.5 cm³/mol. The molecule has 0 spiro atoms. The molecule has 2 aromatic rings. The molecule has 1 atom stereocenters. The fraction of sp³-hybridized carbons (Fsp3) is 0.333. The molecular weight excluding hydrogens is 262 g/mol. The average Bonchev–Trinajstić information content (AvgIpc) is 2.52. The van der Waals surface area contributed by atoms with Crippen LogP contribution >= 0.6 is 0 Å².